The molecule has 0 saturated carbocycles. The van der Waals surface area contributed by atoms with Crippen LogP contribution in [0.2, 0.25) is 0 Å². The number of hydrogen-bond acceptors (Lipinski definition) is 3. The molecule has 0 atom stereocenters. The summed E-state index contributed by atoms with van der Waals surface area (Å²) in [7, 11) is 0. The lowest BCUT2D eigenvalue weighted by atomic mass is 9.89. The van der Waals surface area contributed by atoms with E-state index >= 15 is 0 Å². The second-order valence-corrected chi connectivity index (χ2v) is 4.85. The van der Waals surface area contributed by atoms with Gasteiger partial charge in [-0.3, -0.25) is 0 Å². The predicted octanol–water partition coefficient (Wildman–Crippen LogP) is 3.47. The third kappa shape index (κ3) is 2.46. The quantitative estimate of drug-likeness (QED) is 0.837. The van der Waals surface area contributed by atoms with Gasteiger partial charge in [-0.1, -0.05) is 32.9 Å². The van der Waals surface area contributed by atoms with Gasteiger partial charge in [-0.2, -0.15) is 0 Å². The van der Waals surface area contributed by atoms with E-state index in [1.54, 1.807) is 0 Å². The average Bonchev–Trinajstić information content (AvgIpc) is 2.90. The zero-order valence-corrected chi connectivity index (χ0v) is 11.6. The Morgan fingerprint density at radius 2 is 1.83 bits per heavy atom. The zero-order chi connectivity index (χ0) is 13.0. The maximum Gasteiger partial charge on any atom is 0.231 e. The van der Waals surface area contributed by atoms with Crippen molar-refractivity contribution in [2.24, 2.45) is 0 Å². The van der Waals surface area contributed by atoms with Crippen LogP contribution in [-0.4, -0.2) is 12.3 Å². The number of para-hydroxylation sites is 1. The molecule has 1 N–H and O–H groups in total. The molecule has 1 aliphatic heterocycles. The number of ether oxygens (including phenoxy) is 2. The van der Waals surface area contributed by atoms with Crippen molar-refractivity contribution in [3.05, 3.63) is 23.8 Å². The summed E-state index contributed by atoms with van der Waals surface area (Å²) in [5.41, 5.74) is 1.42. The molecule has 0 amide bonds. The van der Waals surface area contributed by atoms with Crippen LogP contribution in [0.5, 0.6) is 11.5 Å². The first-order valence-corrected chi connectivity index (χ1v) is 6.87. The van der Waals surface area contributed by atoms with Gasteiger partial charge in [0.1, 0.15) is 0 Å². The van der Waals surface area contributed by atoms with Crippen LogP contribution >= 0.6 is 0 Å². The van der Waals surface area contributed by atoms with Crippen LogP contribution in [0, 0.1) is 0 Å². The van der Waals surface area contributed by atoms with Gasteiger partial charge in [0.05, 0.1) is 0 Å². The van der Waals surface area contributed by atoms with Crippen molar-refractivity contribution in [2.45, 2.75) is 52.1 Å². The van der Waals surface area contributed by atoms with Crippen LogP contribution in [0.3, 0.4) is 0 Å². The summed E-state index contributed by atoms with van der Waals surface area (Å²) in [6, 6.07) is 6.08. The van der Waals surface area contributed by atoms with E-state index in [4.69, 9.17) is 9.47 Å². The summed E-state index contributed by atoms with van der Waals surface area (Å²) in [5, 5.41) is 3.69. The monoisotopic (exact) mass is 249 g/mol. The van der Waals surface area contributed by atoms with E-state index < -0.39 is 0 Å². The number of benzene rings is 1. The number of fused-ring (bicyclic) bond motifs is 1. The minimum absolute atomic E-state index is 0.238. The number of hydrogen-bond donors (Lipinski definition) is 1. The number of rotatable bonds is 6. The molecule has 0 fully saturated rings. The SMILES string of the molecule is CCC(CC)(CC)NCc1cccc2c1OCO2. The van der Waals surface area contributed by atoms with Crippen molar-refractivity contribution >= 4 is 0 Å². The van der Waals surface area contributed by atoms with Crippen LogP contribution in [-0.2, 0) is 6.54 Å². The van der Waals surface area contributed by atoms with Crippen LogP contribution in [0.25, 0.3) is 0 Å². The van der Waals surface area contributed by atoms with Gasteiger partial charge in [0.2, 0.25) is 6.79 Å². The molecule has 3 nitrogen and oxygen atoms in total. The van der Waals surface area contributed by atoms with E-state index in [2.05, 4.69) is 32.2 Å². The van der Waals surface area contributed by atoms with Gasteiger partial charge in [0.15, 0.2) is 11.5 Å². The normalized spacial score (nSPS) is 13.9. The summed E-state index contributed by atoms with van der Waals surface area (Å²) in [6.07, 6.45) is 3.44. The Morgan fingerprint density at radius 1 is 1.11 bits per heavy atom. The lowest BCUT2D eigenvalue weighted by molar-refractivity contribution is 0.172. The lowest BCUT2D eigenvalue weighted by Crippen LogP contribution is -2.43. The van der Waals surface area contributed by atoms with E-state index in [0.29, 0.717) is 6.79 Å². The fourth-order valence-corrected chi connectivity index (χ4v) is 2.54. The lowest BCUT2D eigenvalue weighted by Gasteiger charge is -2.32. The molecular weight excluding hydrogens is 226 g/mol. The standard InChI is InChI=1S/C15H23NO2/c1-4-15(5-2,6-3)16-10-12-8-7-9-13-14(12)18-11-17-13/h7-9,16H,4-6,10-11H2,1-3H3. The topological polar surface area (TPSA) is 30.5 Å². The van der Waals surface area contributed by atoms with Gasteiger partial charge >= 0.3 is 0 Å². The minimum Gasteiger partial charge on any atom is -0.454 e. The fourth-order valence-electron chi connectivity index (χ4n) is 2.54. The largest absolute Gasteiger partial charge is 0.454 e. The van der Waals surface area contributed by atoms with E-state index in [-0.39, 0.29) is 5.54 Å². The summed E-state index contributed by atoms with van der Waals surface area (Å²) < 4.78 is 10.9. The van der Waals surface area contributed by atoms with E-state index in [1.165, 1.54) is 5.56 Å². The zero-order valence-electron chi connectivity index (χ0n) is 11.6. The van der Waals surface area contributed by atoms with E-state index in [1.807, 2.05) is 12.1 Å². The van der Waals surface area contributed by atoms with Gasteiger partial charge in [-0.15, -0.1) is 0 Å². The maximum atomic E-state index is 5.53. The molecule has 2 rings (SSSR count). The van der Waals surface area contributed by atoms with E-state index in [0.717, 1.165) is 37.3 Å². The third-order valence-electron chi connectivity index (χ3n) is 4.16. The van der Waals surface area contributed by atoms with Crippen molar-refractivity contribution in [2.75, 3.05) is 6.79 Å². The number of nitrogens with one attached hydrogen (secondary N) is 1. The summed E-state index contributed by atoms with van der Waals surface area (Å²) in [5.74, 6) is 1.77. The van der Waals surface area contributed by atoms with Crippen LogP contribution in [0.15, 0.2) is 18.2 Å². The first-order chi connectivity index (χ1) is 8.74. The van der Waals surface area contributed by atoms with Gasteiger partial charge in [0.25, 0.3) is 0 Å². The Bertz CT molecular complexity index is 391. The summed E-state index contributed by atoms with van der Waals surface area (Å²) >= 11 is 0. The van der Waals surface area contributed by atoms with Crippen LogP contribution < -0.4 is 14.8 Å². The van der Waals surface area contributed by atoms with Crippen molar-refractivity contribution in [3.8, 4) is 11.5 Å². The highest BCUT2D eigenvalue weighted by molar-refractivity contribution is 5.48. The highest BCUT2D eigenvalue weighted by Gasteiger charge is 2.24. The Hall–Kier alpha value is -1.22. The smallest absolute Gasteiger partial charge is 0.231 e. The Morgan fingerprint density at radius 3 is 2.50 bits per heavy atom. The molecule has 3 heteroatoms. The summed E-state index contributed by atoms with van der Waals surface area (Å²) in [6.45, 7) is 7.91. The first-order valence-electron chi connectivity index (χ1n) is 6.87. The minimum atomic E-state index is 0.238. The molecule has 0 unspecified atom stereocenters. The Kier molecular flexibility index (Phi) is 4.12. The molecule has 1 aromatic rings. The van der Waals surface area contributed by atoms with Crippen molar-refractivity contribution in [1.29, 1.82) is 0 Å². The Labute approximate surface area is 109 Å². The highest BCUT2D eigenvalue weighted by atomic mass is 16.7. The molecule has 0 spiro atoms. The maximum absolute atomic E-state index is 5.53. The van der Waals surface area contributed by atoms with Crippen molar-refractivity contribution < 1.29 is 9.47 Å². The molecule has 1 aliphatic rings. The van der Waals surface area contributed by atoms with Gasteiger partial charge < -0.3 is 14.8 Å². The Balaban J connectivity index is 2.09. The molecule has 0 aliphatic carbocycles. The molecule has 0 radical (unpaired) electrons. The molecule has 18 heavy (non-hydrogen) atoms. The fraction of sp³-hybridized carbons (Fsp3) is 0.600. The molecule has 0 saturated heterocycles. The molecule has 100 valence electrons. The molecule has 0 aromatic heterocycles. The van der Waals surface area contributed by atoms with Gasteiger partial charge in [-0.25, -0.2) is 0 Å². The summed E-state index contributed by atoms with van der Waals surface area (Å²) in [4.78, 5) is 0. The van der Waals surface area contributed by atoms with Crippen LogP contribution in [0.1, 0.15) is 45.6 Å². The van der Waals surface area contributed by atoms with Crippen molar-refractivity contribution in [1.82, 2.24) is 5.32 Å². The highest BCUT2D eigenvalue weighted by Crippen LogP contribution is 2.35. The second kappa shape index (κ2) is 5.61. The average molecular weight is 249 g/mol. The molecule has 0 bridgehead atoms. The van der Waals surface area contributed by atoms with Crippen LogP contribution in [0.4, 0.5) is 0 Å². The molecule has 1 aromatic carbocycles. The molecule has 1 heterocycles. The first kappa shape index (κ1) is 13.2. The van der Waals surface area contributed by atoms with Gasteiger partial charge in [-0.05, 0) is 25.3 Å². The predicted molar refractivity (Wildman–Crippen MR) is 73.0 cm³/mol. The molecular formula is C15H23NO2. The second-order valence-electron chi connectivity index (χ2n) is 4.85. The van der Waals surface area contributed by atoms with E-state index in [9.17, 15) is 0 Å². The van der Waals surface area contributed by atoms with Gasteiger partial charge in [0, 0.05) is 17.6 Å². The third-order valence-corrected chi connectivity index (χ3v) is 4.16. The van der Waals surface area contributed by atoms with Crippen molar-refractivity contribution in [3.63, 3.8) is 0 Å².